The van der Waals surface area contributed by atoms with Crippen molar-refractivity contribution in [1.29, 1.82) is 0 Å². The van der Waals surface area contributed by atoms with E-state index in [2.05, 4.69) is 6.58 Å². The molecule has 0 aliphatic heterocycles. The topological polar surface area (TPSA) is 43.1 Å². The molecule has 2 heteroatoms. The standard InChI is InChI=1S/C8H15NO/c1-4-5-6-8(3,9)7(2)10/h4H,1,5-6,9H2,2-3H3/t8-/m0/s1. The Morgan fingerprint density at radius 3 is 2.60 bits per heavy atom. The summed E-state index contributed by atoms with van der Waals surface area (Å²) in [6, 6.07) is 0. The second-order valence-electron chi connectivity index (χ2n) is 2.80. The molecule has 10 heavy (non-hydrogen) atoms. The predicted octanol–water partition coefficient (Wildman–Crippen LogP) is 1.26. The zero-order chi connectivity index (χ0) is 8.20. The van der Waals surface area contributed by atoms with E-state index in [1.807, 2.05) is 0 Å². The lowest BCUT2D eigenvalue weighted by molar-refractivity contribution is -0.121. The molecule has 0 saturated heterocycles. The fourth-order valence-electron chi connectivity index (χ4n) is 0.578. The molecule has 58 valence electrons. The van der Waals surface area contributed by atoms with Crippen LogP contribution >= 0.6 is 0 Å². The average Bonchev–Trinajstić information content (AvgIpc) is 1.84. The van der Waals surface area contributed by atoms with Crippen molar-refractivity contribution in [2.24, 2.45) is 5.73 Å². The van der Waals surface area contributed by atoms with Crippen LogP contribution in [0.1, 0.15) is 26.7 Å². The quantitative estimate of drug-likeness (QED) is 0.599. The van der Waals surface area contributed by atoms with Crippen LogP contribution in [0.25, 0.3) is 0 Å². The van der Waals surface area contributed by atoms with Crippen LogP contribution in [0.3, 0.4) is 0 Å². The summed E-state index contributed by atoms with van der Waals surface area (Å²) in [5.74, 6) is 0.0364. The van der Waals surface area contributed by atoms with Gasteiger partial charge in [-0.05, 0) is 26.7 Å². The van der Waals surface area contributed by atoms with Crippen LogP contribution in [-0.2, 0) is 4.79 Å². The summed E-state index contributed by atoms with van der Waals surface area (Å²) >= 11 is 0. The van der Waals surface area contributed by atoms with Gasteiger partial charge in [-0.1, -0.05) is 6.08 Å². The predicted molar refractivity (Wildman–Crippen MR) is 42.7 cm³/mol. The minimum atomic E-state index is -0.659. The molecule has 0 aromatic carbocycles. The van der Waals surface area contributed by atoms with Gasteiger partial charge in [-0.25, -0.2) is 0 Å². The molecule has 2 nitrogen and oxygen atoms in total. The van der Waals surface area contributed by atoms with E-state index in [0.717, 1.165) is 6.42 Å². The molecule has 0 amide bonds. The first-order valence-corrected chi connectivity index (χ1v) is 3.41. The van der Waals surface area contributed by atoms with E-state index in [1.54, 1.807) is 13.0 Å². The van der Waals surface area contributed by atoms with Crippen LogP contribution < -0.4 is 5.73 Å². The summed E-state index contributed by atoms with van der Waals surface area (Å²) in [6.45, 7) is 6.82. The van der Waals surface area contributed by atoms with Crippen molar-refractivity contribution >= 4 is 5.78 Å². The van der Waals surface area contributed by atoms with Crippen molar-refractivity contribution in [3.63, 3.8) is 0 Å². The van der Waals surface area contributed by atoms with Gasteiger partial charge in [0.1, 0.15) is 5.78 Å². The SMILES string of the molecule is C=CCC[C@](C)(N)C(C)=O. The zero-order valence-corrected chi connectivity index (χ0v) is 6.68. The van der Waals surface area contributed by atoms with Crippen LogP contribution in [0, 0.1) is 0 Å². The molecular formula is C8H15NO. The molecular weight excluding hydrogens is 126 g/mol. The molecule has 0 unspecified atom stereocenters. The highest BCUT2D eigenvalue weighted by atomic mass is 16.1. The van der Waals surface area contributed by atoms with Gasteiger partial charge >= 0.3 is 0 Å². The summed E-state index contributed by atoms with van der Waals surface area (Å²) in [5.41, 5.74) is 4.99. The van der Waals surface area contributed by atoms with E-state index >= 15 is 0 Å². The Morgan fingerprint density at radius 1 is 1.80 bits per heavy atom. The maximum absolute atomic E-state index is 10.8. The molecule has 0 spiro atoms. The molecule has 0 radical (unpaired) electrons. The summed E-state index contributed by atoms with van der Waals surface area (Å²) in [5, 5.41) is 0. The largest absolute Gasteiger partial charge is 0.319 e. The molecule has 1 atom stereocenters. The number of carbonyl (C=O) groups excluding carboxylic acids is 1. The Balaban J connectivity index is 3.86. The minimum absolute atomic E-state index is 0.0364. The third-order valence-corrected chi connectivity index (χ3v) is 1.67. The summed E-state index contributed by atoms with van der Waals surface area (Å²) in [7, 11) is 0. The van der Waals surface area contributed by atoms with Gasteiger partial charge in [0.05, 0.1) is 5.54 Å². The number of hydrogen-bond acceptors (Lipinski definition) is 2. The second-order valence-corrected chi connectivity index (χ2v) is 2.80. The first kappa shape index (κ1) is 9.37. The minimum Gasteiger partial charge on any atom is -0.319 e. The summed E-state index contributed by atoms with van der Waals surface area (Å²) in [4.78, 5) is 10.8. The smallest absolute Gasteiger partial charge is 0.149 e. The van der Waals surface area contributed by atoms with Crippen LogP contribution in [0.5, 0.6) is 0 Å². The number of Topliss-reactive ketones (excluding diaryl/α,β-unsaturated/α-hetero) is 1. The third kappa shape index (κ3) is 2.78. The van der Waals surface area contributed by atoms with Gasteiger partial charge in [-0.3, -0.25) is 4.79 Å². The van der Waals surface area contributed by atoms with Gasteiger partial charge in [0.25, 0.3) is 0 Å². The fraction of sp³-hybridized carbons (Fsp3) is 0.625. The van der Waals surface area contributed by atoms with E-state index in [9.17, 15) is 4.79 Å². The number of nitrogens with two attached hydrogens (primary N) is 1. The van der Waals surface area contributed by atoms with Gasteiger partial charge < -0.3 is 5.73 Å². The maximum Gasteiger partial charge on any atom is 0.149 e. The van der Waals surface area contributed by atoms with Crippen LogP contribution in [0.2, 0.25) is 0 Å². The fourth-order valence-corrected chi connectivity index (χ4v) is 0.578. The van der Waals surface area contributed by atoms with Crippen molar-refractivity contribution < 1.29 is 4.79 Å². The Hall–Kier alpha value is -0.630. The molecule has 0 aromatic rings. The Morgan fingerprint density at radius 2 is 2.30 bits per heavy atom. The van der Waals surface area contributed by atoms with E-state index in [4.69, 9.17) is 5.73 Å². The molecule has 0 aliphatic rings. The Kier molecular flexibility index (Phi) is 3.30. The van der Waals surface area contributed by atoms with Gasteiger partial charge in [0.2, 0.25) is 0 Å². The Bertz CT molecular complexity index is 138. The van der Waals surface area contributed by atoms with Crippen LogP contribution in [0.15, 0.2) is 12.7 Å². The molecule has 0 heterocycles. The van der Waals surface area contributed by atoms with Gasteiger partial charge in [0.15, 0.2) is 0 Å². The number of ketones is 1. The van der Waals surface area contributed by atoms with Gasteiger partial charge in [0, 0.05) is 0 Å². The first-order valence-electron chi connectivity index (χ1n) is 3.41. The van der Waals surface area contributed by atoms with E-state index < -0.39 is 5.54 Å². The second kappa shape index (κ2) is 3.52. The van der Waals surface area contributed by atoms with Crippen LogP contribution in [-0.4, -0.2) is 11.3 Å². The highest BCUT2D eigenvalue weighted by Gasteiger charge is 2.22. The third-order valence-electron chi connectivity index (χ3n) is 1.67. The zero-order valence-electron chi connectivity index (χ0n) is 6.68. The molecule has 0 fully saturated rings. The van der Waals surface area contributed by atoms with Gasteiger partial charge in [-0.15, -0.1) is 6.58 Å². The highest BCUT2D eigenvalue weighted by Crippen LogP contribution is 2.09. The average molecular weight is 141 g/mol. The molecule has 0 saturated carbocycles. The lowest BCUT2D eigenvalue weighted by Crippen LogP contribution is -2.43. The molecule has 2 N–H and O–H groups in total. The van der Waals surface area contributed by atoms with E-state index in [0.29, 0.717) is 6.42 Å². The van der Waals surface area contributed by atoms with Crippen LogP contribution in [0.4, 0.5) is 0 Å². The maximum atomic E-state index is 10.8. The molecule has 0 bridgehead atoms. The molecule has 0 aliphatic carbocycles. The van der Waals surface area contributed by atoms with Crippen molar-refractivity contribution in [2.45, 2.75) is 32.2 Å². The number of allylic oxidation sites excluding steroid dienone is 1. The van der Waals surface area contributed by atoms with E-state index in [1.165, 1.54) is 6.92 Å². The molecule has 0 aromatic heterocycles. The normalized spacial score (nSPS) is 15.9. The first-order chi connectivity index (χ1) is 4.50. The lowest BCUT2D eigenvalue weighted by Gasteiger charge is -2.19. The van der Waals surface area contributed by atoms with E-state index in [-0.39, 0.29) is 5.78 Å². The number of rotatable bonds is 4. The van der Waals surface area contributed by atoms with Crippen molar-refractivity contribution in [2.75, 3.05) is 0 Å². The monoisotopic (exact) mass is 141 g/mol. The molecule has 0 rings (SSSR count). The van der Waals surface area contributed by atoms with Crippen molar-refractivity contribution in [1.82, 2.24) is 0 Å². The van der Waals surface area contributed by atoms with Crippen molar-refractivity contribution in [3.8, 4) is 0 Å². The summed E-state index contributed by atoms with van der Waals surface area (Å²) in [6.07, 6.45) is 3.26. The van der Waals surface area contributed by atoms with Crippen molar-refractivity contribution in [3.05, 3.63) is 12.7 Å². The summed E-state index contributed by atoms with van der Waals surface area (Å²) < 4.78 is 0. The number of carbonyl (C=O) groups is 1. The Labute approximate surface area is 62.1 Å². The number of hydrogen-bond donors (Lipinski definition) is 1. The van der Waals surface area contributed by atoms with Gasteiger partial charge in [-0.2, -0.15) is 0 Å². The highest BCUT2D eigenvalue weighted by molar-refractivity contribution is 5.85. The lowest BCUT2D eigenvalue weighted by atomic mass is 9.93.